The number of unbranched alkanes of at least 4 members (excludes halogenated alkanes) is 3. The smallest absolute Gasteiger partial charge is 0.330 e. The number of carbonyl (C=O) groups is 2. The minimum atomic E-state index is -0.377. The number of esters is 1. The van der Waals surface area contributed by atoms with Crippen molar-refractivity contribution in [2.75, 3.05) is 13.2 Å². The fraction of sp³-hybridized carbons (Fsp3) is 0.500. The van der Waals surface area contributed by atoms with Gasteiger partial charge in [-0.15, -0.1) is 0 Å². The van der Waals surface area contributed by atoms with Crippen LogP contribution in [0.25, 0.3) is 0 Å². The lowest BCUT2D eigenvalue weighted by molar-refractivity contribution is -0.137. The van der Waals surface area contributed by atoms with Crippen LogP contribution in [0.2, 0.25) is 0 Å². The lowest BCUT2D eigenvalue weighted by Crippen LogP contribution is -2.21. The van der Waals surface area contributed by atoms with Gasteiger partial charge in [0, 0.05) is 12.6 Å². The third-order valence-corrected chi connectivity index (χ3v) is 1.97. The van der Waals surface area contributed by atoms with E-state index in [1.807, 2.05) is 0 Å². The Morgan fingerprint density at radius 1 is 1.06 bits per heavy atom. The van der Waals surface area contributed by atoms with E-state index in [2.05, 4.69) is 18.5 Å². The highest BCUT2D eigenvalue weighted by Crippen LogP contribution is 1.99. The Bertz CT molecular complexity index is 223. The van der Waals surface area contributed by atoms with Crippen LogP contribution in [-0.2, 0) is 14.3 Å². The molecular weight excluding hydrogens is 206 g/mol. The summed E-state index contributed by atoms with van der Waals surface area (Å²) in [6.07, 6.45) is 6.17. The summed E-state index contributed by atoms with van der Waals surface area (Å²) in [5, 5.41) is 2.69. The van der Waals surface area contributed by atoms with E-state index in [0.717, 1.165) is 31.8 Å². The molecule has 90 valence electrons. The van der Waals surface area contributed by atoms with Gasteiger partial charge in [-0.05, 0) is 25.3 Å². The van der Waals surface area contributed by atoms with Crippen LogP contribution in [0.15, 0.2) is 25.3 Å². The van der Waals surface area contributed by atoms with E-state index in [-0.39, 0.29) is 11.9 Å². The topological polar surface area (TPSA) is 55.4 Å². The highest BCUT2D eigenvalue weighted by atomic mass is 16.5. The minimum absolute atomic E-state index is 0.139. The first-order chi connectivity index (χ1) is 7.70. The molecule has 0 heterocycles. The van der Waals surface area contributed by atoms with Gasteiger partial charge in [-0.25, -0.2) is 4.79 Å². The highest BCUT2D eigenvalue weighted by Gasteiger charge is 1.96. The Labute approximate surface area is 96.4 Å². The van der Waals surface area contributed by atoms with Crippen molar-refractivity contribution in [1.29, 1.82) is 0 Å². The summed E-state index contributed by atoms with van der Waals surface area (Å²) in [5.74, 6) is -0.516. The van der Waals surface area contributed by atoms with Crippen LogP contribution in [0.1, 0.15) is 25.7 Å². The third kappa shape index (κ3) is 8.99. The molecule has 0 atom stereocenters. The molecule has 0 saturated heterocycles. The van der Waals surface area contributed by atoms with Crippen LogP contribution in [0.3, 0.4) is 0 Å². The van der Waals surface area contributed by atoms with Crippen LogP contribution >= 0.6 is 0 Å². The summed E-state index contributed by atoms with van der Waals surface area (Å²) in [4.78, 5) is 21.4. The molecule has 0 fully saturated rings. The van der Waals surface area contributed by atoms with Crippen molar-refractivity contribution in [2.45, 2.75) is 25.7 Å². The molecule has 4 nitrogen and oxygen atoms in total. The van der Waals surface area contributed by atoms with Crippen molar-refractivity contribution in [3.8, 4) is 0 Å². The molecule has 0 aromatic rings. The van der Waals surface area contributed by atoms with Crippen LogP contribution in [-0.4, -0.2) is 25.0 Å². The molecule has 0 aliphatic rings. The molecule has 0 unspecified atom stereocenters. The summed E-state index contributed by atoms with van der Waals surface area (Å²) in [6, 6.07) is 0. The van der Waals surface area contributed by atoms with Crippen LogP contribution < -0.4 is 5.32 Å². The number of hydrogen-bond acceptors (Lipinski definition) is 3. The first-order valence-corrected chi connectivity index (χ1v) is 5.40. The van der Waals surface area contributed by atoms with Crippen molar-refractivity contribution in [3.63, 3.8) is 0 Å². The van der Waals surface area contributed by atoms with Gasteiger partial charge in [0.25, 0.3) is 0 Å². The molecule has 1 N–H and O–H groups in total. The summed E-state index contributed by atoms with van der Waals surface area (Å²) in [7, 11) is 0. The third-order valence-electron chi connectivity index (χ3n) is 1.97. The second-order valence-corrected chi connectivity index (χ2v) is 3.28. The molecule has 0 radical (unpaired) electrons. The lowest BCUT2D eigenvalue weighted by Gasteiger charge is -2.03. The van der Waals surface area contributed by atoms with E-state index in [1.165, 1.54) is 6.08 Å². The molecular formula is C12H19NO3. The van der Waals surface area contributed by atoms with E-state index in [0.29, 0.717) is 13.2 Å². The molecule has 0 saturated carbocycles. The number of ether oxygens (including phenoxy) is 1. The fourth-order valence-corrected chi connectivity index (χ4v) is 1.10. The quantitative estimate of drug-likeness (QED) is 0.368. The zero-order valence-electron chi connectivity index (χ0n) is 9.54. The van der Waals surface area contributed by atoms with Gasteiger partial charge in [-0.1, -0.05) is 19.6 Å². The second kappa shape index (κ2) is 9.96. The maximum atomic E-state index is 10.8. The maximum absolute atomic E-state index is 10.8. The van der Waals surface area contributed by atoms with Gasteiger partial charge in [0.1, 0.15) is 0 Å². The minimum Gasteiger partial charge on any atom is -0.463 e. The number of carbonyl (C=O) groups excluding carboxylic acids is 2. The molecule has 0 aliphatic heterocycles. The summed E-state index contributed by atoms with van der Waals surface area (Å²) < 4.78 is 4.81. The van der Waals surface area contributed by atoms with Crippen LogP contribution in [0.4, 0.5) is 0 Å². The number of hydrogen-bond donors (Lipinski definition) is 1. The number of nitrogens with one attached hydrogen (secondary N) is 1. The molecule has 0 aromatic heterocycles. The Morgan fingerprint density at radius 2 is 1.75 bits per heavy atom. The van der Waals surface area contributed by atoms with Crippen LogP contribution in [0.5, 0.6) is 0 Å². The van der Waals surface area contributed by atoms with Crippen LogP contribution in [0, 0.1) is 0 Å². The van der Waals surface area contributed by atoms with Crippen molar-refractivity contribution in [1.82, 2.24) is 5.32 Å². The second-order valence-electron chi connectivity index (χ2n) is 3.28. The molecule has 0 aliphatic carbocycles. The Morgan fingerprint density at radius 3 is 2.38 bits per heavy atom. The average Bonchev–Trinajstić information content (AvgIpc) is 2.31. The fourth-order valence-electron chi connectivity index (χ4n) is 1.10. The van der Waals surface area contributed by atoms with Crippen molar-refractivity contribution in [3.05, 3.63) is 25.3 Å². The van der Waals surface area contributed by atoms with Gasteiger partial charge in [0.2, 0.25) is 5.91 Å². The van der Waals surface area contributed by atoms with E-state index >= 15 is 0 Å². The van der Waals surface area contributed by atoms with Gasteiger partial charge in [0.15, 0.2) is 0 Å². The average molecular weight is 225 g/mol. The zero-order chi connectivity index (χ0) is 12.2. The molecule has 1 amide bonds. The number of rotatable bonds is 9. The SMILES string of the molecule is C=CC(=O)NCCCCCCOC(=O)C=C. The Hall–Kier alpha value is -1.58. The van der Waals surface area contributed by atoms with Crippen molar-refractivity contribution >= 4 is 11.9 Å². The molecule has 0 aromatic carbocycles. The molecule has 0 bridgehead atoms. The maximum Gasteiger partial charge on any atom is 0.330 e. The van der Waals surface area contributed by atoms with Gasteiger partial charge in [-0.2, -0.15) is 0 Å². The molecule has 0 spiro atoms. The van der Waals surface area contributed by atoms with Gasteiger partial charge in [0.05, 0.1) is 6.61 Å². The Kier molecular flexibility index (Phi) is 8.97. The van der Waals surface area contributed by atoms with E-state index in [9.17, 15) is 9.59 Å². The first kappa shape index (κ1) is 14.4. The lowest BCUT2D eigenvalue weighted by atomic mass is 10.2. The summed E-state index contributed by atoms with van der Waals surface area (Å²) >= 11 is 0. The van der Waals surface area contributed by atoms with E-state index in [4.69, 9.17) is 4.74 Å². The van der Waals surface area contributed by atoms with Crippen molar-refractivity contribution < 1.29 is 14.3 Å². The first-order valence-electron chi connectivity index (χ1n) is 5.40. The summed E-state index contributed by atoms with van der Waals surface area (Å²) in [5.41, 5.74) is 0. The summed E-state index contributed by atoms with van der Waals surface area (Å²) in [6.45, 7) is 7.76. The number of amides is 1. The monoisotopic (exact) mass is 225 g/mol. The van der Waals surface area contributed by atoms with Gasteiger partial charge >= 0.3 is 5.97 Å². The predicted octanol–water partition coefficient (Wildman–Crippen LogP) is 1.58. The molecule has 16 heavy (non-hydrogen) atoms. The molecule has 0 rings (SSSR count). The largest absolute Gasteiger partial charge is 0.463 e. The zero-order valence-corrected chi connectivity index (χ0v) is 9.54. The van der Waals surface area contributed by atoms with Gasteiger partial charge in [-0.3, -0.25) is 4.79 Å². The van der Waals surface area contributed by atoms with Crippen molar-refractivity contribution in [2.24, 2.45) is 0 Å². The Balaban J connectivity index is 3.15. The van der Waals surface area contributed by atoms with E-state index < -0.39 is 0 Å². The predicted molar refractivity (Wildman–Crippen MR) is 62.8 cm³/mol. The van der Waals surface area contributed by atoms with E-state index in [1.54, 1.807) is 0 Å². The van der Waals surface area contributed by atoms with Gasteiger partial charge < -0.3 is 10.1 Å². The molecule has 4 heteroatoms. The standard InChI is InChI=1S/C12H19NO3/c1-3-11(14)13-9-7-5-6-8-10-16-12(15)4-2/h3-4H,1-2,5-10H2,(H,13,14). The normalized spacial score (nSPS) is 9.25. The highest BCUT2D eigenvalue weighted by molar-refractivity contribution is 5.86.